The molecule has 2 heterocycles. The molecule has 0 unspecified atom stereocenters. The molecule has 0 saturated heterocycles. The molecular weight excluding hydrogens is 314 g/mol. The minimum absolute atomic E-state index is 0.157. The van der Waals surface area contributed by atoms with E-state index in [9.17, 15) is 4.79 Å². The number of methoxy groups -OCH3 is 1. The first kappa shape index (κ1) is 15.7. The summed E-state index contributed by atoms with van der Waals surface area (Å²) in [5.41, 5.74) is 1.98. The summed E-state index contributed by atoms with van der Waals surface area (Å²) in [4.78, 5) is 20.6. The van der Waals surface area contributed by atoms with Crippen molar-refractivity contribution in [2.24, 2.45) is 0 Å². The average molecular weight is 331 g/mol. The lowest BCUT2D eigenvalue weighted by Crippen LogP contribution is -2.28. The molecule has 120 valence electrons. The fourth-order valence-electron chi connectivity index (χ4n) is 2.34. The highest BCUT2D eigenvalue weighted by molar-refractivity contribution is 7.10. The van der Waals surface area contributed by atoms with E-state index in [-0.39, 0.29) is 18.6 Å². The zero-order valence-corrected chi connectivity index (χ0v) is 13.4. The molecule has 1 aromatic carbocycles. The second kappa shape index (κ2) is 6.91. The minimum atomic E-state index is -0.175. The summed E-state index contributed by atoms with van der Waals surface area (Å²) in [6.45, 7) is 0.241. The number of hydrogen-bond acceptors (Lipinski definition) is 5. The number of rotatable bonds is 6. The van der Waals surface area contributed by atoms with E-state index >= 15 is 0 Å². The van der Waals surface area contributed by atoms with Gasteiger partial charge in [-0.15, -0.1) is 11.3 Å². The van der Waals surface area contributed by atoms with Crippen LogP contribution in [0.1, 0.15) is 27.2 Å². The molecule has 3 rings (SSSR count). The fraction of sp³-hybridized carbons (Fsp3) is 0.250. The third-order valence-electron chi connectivity index (χ3n) is 3.54. The van der Waals surface area contributed by atoms with Crippen molar-refractivity contribution in [3.63, 3.8) is 0 Å². The molecule has 0 aliphatic heterocycles. The van der Waals surface area contributed by atoms with E-state index < -0.39 is 0 Å². The summed E-state index contributed by atoms with van der Waals surface area (Å²) in [6.07, 6.45) is -0.157. The van der Waals surface area contributed by atoms with E-state index in [4.69, 9.17) is 9.84 Å². The number of fused-ring (bicyclic) bond motifs is 1. The van der Waals surface area contributed by atoms with Crippen molar-refractivity contribution in [1.82, 2.24) is 15.3 Å². The number of amides is 1. The minimum Gasteiger partial charge on any atom is -0.388 e. The van der Waals surface area contributed by atoms with Crippen LogP contribution in [0.5, 0.6) is 0 Å². The van der Waals surface area contributed by atoms with Gasteiger partial charge in [0.15, 0.2) is 0 Å². The molecule has 0 aliphatic carbocycles. The van der Waals surface area contributed by atoms with Crippen molar-refractivity contribution in [1.29, 1.82) is 0 Å². The van der Waals surface area contributed by atoms with Crippen molar-refractivity contribution in [3.8, 4) is 0 Å². The van der Waals surface area contributed by atoms with E-state index in [1.165, 1.54) is 0 Å². The number of benzene rings is 1. The zero-order chi connectivity index (χ0) is 16.2. The van der Waals surface area contributed by atoms with Gasteiger partial charge in [-0.2, -0.15) is 0 Å². The molecule has 0 spiro atoms. The van der Waals surface area contributed by atoms with E-state index in [0.717, 1.165) is 15.9 Å². The summed E-state index contributed by atoms with van der Waals surface area (Å²) in [6, 6.07) is 9.14. The van der Waals surface area contributed by atoms with Crippen molar-refractivity contribution >= 4 is 28.3 Å². The second-order valence-corrected chi connectivity index (χ2v) is 6.00. The lowest BCUT2D eigenvalue weighted by atomic mass is 10.2. The van der Waals surface area contributed by atoms with Gasteiger partial charge in [0.1, 0.15) is 18.5 Å². The maximum atomic E-state index is 12.3. The number of nitrogens with zero attached hydrogens (tertiary/aromatic N) is 1. The highest BCUT2D eigenvalue weighted by Gasteiger charge is 2.14. The van der Waals surface area contributed by atoms with Crippen LogP contribution in [0.25, 0.3) is 11.0 Å². The first-order chi connectivity index (χ1) is 11.2. The van der Waals surface area contributed by atoms with Crippen molar-refractivity contribution in [2.75, 3.05) is 13.7 Å². The van der Waals surface area contributed by atoms with Crippen molar-refractivity contribution < 1.29 is 14.6 Å². The number of nitrogens with one attached hydrogen (secondary N) is 2. The summed E-state index contributed by atoms with van der Waals surface area (Å²) in [7, 11) is 1.63. The molecule has 23 heavy (non-hydrogen) atoms. The van der Waals surface area contributed by atoms with Crippen LogP contribution in [0, 0.1) is 0 Å². The summed E-state index contributed by atoms with van der Waals surface area (Å²) in [5.74, 6) is 0.306. The first-order valence-electron chi connectivity index (χ1n) is 7.15. The molecule has 6 nitrogen and oxygen atoms in total. The van der Waals surface area contributed by atoms with E-state index in [2.05, 4.69) is 15.3 Å². The number of carbonyl (C=O) groups excluding carboxylic acids is 1. The van der Waals surface area contributed by atoms with E-state index in [1.54, 1.807) is 36.6 Å². The van der Waals surface area contributed by atoms with E-state index in [1.807, 2.05) is 17.5 Å². The number of aromatic nitrogens is 2. The fourth-order valence-corrected chi connectivity index (χ4v) is 3.14. The molecule has 3 N–H and O–H groups in total. The average Bonchev–Trinajstić information content (AvgIpc) is 3.23. The molecular formula is C16H17N3O3S. The number of aliphatic hydroxyl groups is 1. The highest BCUT2D eigenvalue weighted by Crippen LogP contribution is 2.21. The number of ether oxygens (including phenoxy) is 1. The topological polar surface area (TPSA) is 87.2 Å². The number of thiophene rings is 1. The van der Waals surface area contributed by atoms with Gasteiger partial charge in [0.05, 0.1) is 11.0 Å². The molecule has 0 bridgehead atoms. The van der Waals surface area contributed by atoms with Gasteiger partial charge in [-0.05, 0) is 29.6 Å². The van der Waals surface area contributed by atoms with Crippen LogP contribution >= 0.6 is 11.3 Å². The van der Waals surface area contributed by atoms with Gasteiger partial charge >= 0.3 is 0 Å². The van der Waals surface area contributed by atoms with E-state index in [0.29, 0.717) is 17.9 Å². The number of imidazole rings is 1. The Bertz CT molecular complexity index is 798. The van der Waals surface area contributed by atoms with Gasteiger partial charge in [0.25, 0.3) is 5.91 Å². The molecule has 0 aliphatic rings. The van der Waals surface area contributed by atoms with Crippen LogP contribution in [0.3, 0.4) is 0 Å². The third kappa shape index (κ3) is 3.42. The molecule has 2 aromatic heterocycles. The summed E-state index contributed by atoms with van der Waals surface area (Å²) >= 11 is 1.60. The number of carbonyl (C=O) groups is 1. The van der Waals surface area contributed by atoms with Crippen LogP contribution in [-0.2, 0) is 11.3 Å². The third-order valence-corrected chi connectivity index (χ3v) is 4.50. The van der Waals surface area contributed by atoms with Crippen LogP contribution in [0.4, 0.5) is 0 Å². The normalized spacial score (nSPS) is 12.4. The number of aliphatic hydroxyl groups excluding tert-OH is 1. The first-order valence-corrected chi connectivity index (χ1v) is 8.03. The lowest BCUT2D eigenvalue weighted by molar-refractivity contribution is 0.0838. The van der Waals surface area contributed by atoms with Crippen LogP contribution in [-0.4, -0.2) is 34.6 Å². The molecule has 3 aromatic rings. The number of hydrogen-bond donors (Lipinski definition) is 3. The summed E-state index contributed by atoms with van der Waals surface area (Å²) in [5, 5.41) is 14.0. The van der Waals surface area contributed by atoms with Gasteiger partial charge < -0.3 is 20.1 Å². The van der Waals surface area contributed by atoms with Gasteiger partial charge in [-0.3, -0.25) is 4.79 Å². The number of aromatic amines is 1. The molecule has 1 amide bonds. The predicted molar refractivity (Wildman–Crippen MR) is 88.4 cm³/mol. The van der Waals surface area contributed by atoms with Gasteiger partial charge in [-0.1, -0.05) is 6.07 Å². The monoisotopic (exact) mass is 331 g/mol. The molecule has 0 fully saturated rings. The molecule has 0 radical (unpaired) electrons. The van der Waals surface area contributed by atoms with Crippen LogP contribution in [0.2, 0.25) is 0 Å². The second-order valence-electron chi connectivity index (χ2n) is 5.02. The molecule has 0 saturated carbocycles. The largest absolute Gasteiger partial charge is 0.388 e. The van der Waals surface area contributed by atoms with Crippen LogP contribution in [0.15, 0.2) is 35.7 Å². The lowest BCUT2D eigenvalue weighted by Gasteiger charge is -2.14. The Hall–Kier alpha value is -2.22. The van der Waals surface area contributed by atoms with Crippen molar-refractivity contribution in [2.45, 2.75) is 12.7 Å². The Morgan fingerprint density at radius 2 is 2.35 bits per heavy atom. The maximum absolute atomic E-state index is 12.3. The quantitative estimate of drug-likeness (QED) is 0.646. The zero-order valence-electron chi connectivity index (χ0n) is 12.6. The Balaban J connectivity index is 1.70. The van der Waals surface area contributed by atoms with Crippen LogP contribution < -0.4 is 5.32 Å². The van der Waals surface area contributed by atoms with Crippen molar-refractivity contribution in [3.05, 3.63) is 52.0 Å². The Kier molecular flexibility index (Phi) is 4.71. The molecule has 7 heteroatoms. The smallest absolute Gasteiger partial charge is 0.251 e. The Labute approximate surface area is 137 Å². The Morgan fingerprint density at radius 1 is 1.48 bits per heavy atom. The summed E-state index contributed by atoms with van der Waals surface area (Å²) < 4.78 is 5.42. The Morgan fingerprint density at radius 3 is 3.04 bits per heavy atom. The highest BCUT2D eigenvalue weighted by atomic mass is 32.1. The SMILES string of the molecule is CO[C@@H](CNC(=O)c1ccc2nc(CO)[nH]c2c1)c1cccs1. The maximum Gasteiger partial charge on any atom is 0.251 e. The standard InChI is InChI=1S/C16H17N3O3S/c1-22-13(14-3-2-6-23-14)8-17-16(21)10-4-5-11-12(7-10)19-15(9-20)18-11/h2-7,13,20H,8-9H2,1H3,(H,17,21)(H,18,19)/t13-/m0/s1. The van der Waals surface area contributed by atoms with Gasteiger partial charge in [-0.25, -0.2) is 4.98 Å². The van der Waals surface area contributed by atoms with Gasteiger partial charge in [0, 0.05) is 24.1 Å². The van der Waals surface area contributed by atoms with Gasteiger partial charge in [0.2, 0.25) is 0 Å². The predicted octanol–water partition coefficient (Wildman–Crippen LogP) is 2.23. The number of H-pyrrole nitrogens is 1. The molecule has 1 atom stereocenters.